The number of aromatic nitrogens is 1. The Morgan fingerprint density at radius 3 is 2.95 bits per heavy atom. The number of hydrogen-bond acceptors (Lipinski definition) is 4. The average molecular weight is 293 g/mol. The summed E-state index contributed by atoms with van der Waals surface area (Å²) in [5.74, 6) is 0.669. The van der Waals surface area contributed by atoms with Crippen molar-refractivity contribution < 1.29 is 0 Å². The van der Waals surface area contributed by atoms with Crippen LogP contribution >= 0.6 is 11.3 Å². The summed E-state index contributed by atoms with van der Waals surface area (Å²) in [5.41, 5.74) is 7.12. The molecule has 0 amide bonds. The molecule has 6 heteroatoms. The normalized spacial score (nSPS) is 19.6. The Bertz CT molecular complexity index is 474. The monoisotopic (exact) mass is 293 g/mol. The SMILES string of the molecule is CN(C(N)=NCCc1csc(N2CCCC2)n1)C1CC1. The average Bonchev–Trinajstić information content (AvgIpc) is 2.96. The summed E-state index contributed by atoms with van der Waals surface area (Å²) in [6.45, 7) is 3.04. The summed E-state index contributed by atoms with van der Waals surface area (Å²) in [7, 11) is 2.03. The van der Waals surface area contributed by atoms with Crippen molar-refractivity contribution in [1.29, 1.82) is 0 Å². The van der Waals surface area contributed by atoms with Crippen LogP contribution in [0.2, 0.25) is 0 Å². The van der Waals surface area contributed by atoms with E-state index in [1.807, 2.05) is 7.05 Å². The summed E-state index contributed by atoms with van der Waals surface area (Å²) in [5, 5.41) is 3.33. The zero-order valence-electron chi connectivity index (χ0n) is 12.1. The molecule has 1 aliphatic carbocycles. The molecule has 20 heavy (non-hydrogen) atoms. The molecular weight excluding hydrogens is 270 g/mol. The van der Waals surface area contributed by atoms with E-state index < -0.39 is 0 Å². The predicted octanol–water partition coefficient (Wildman–Crippen LogP) is 1.69. The second-order valence-electron chi connectivity index (χ2n) is 5.65. The number of aliphatic imine (C=N–C) groups is 1. The lowest BCUT2D eigenvalue weighted by molar-refractivity contribution is 0.487. The second kappa shape index (κ2) is 5.99. The number of anilines is 1. The molecule has 0 spiro atoms. The van der Waals surface area contributed by atoms with Crippen molar-refractivity contribution >= 4 is 22.4 Å². The molecule has 2 fully saturated rings. The van der Waals surface area contributed by atoms with Crippen LogP contribution in [0.3, 0.4) is 0 Å². The lowest BCUT2D eigenvalue weighted by Gasteiger charge is -2.16. The van der Waals surface area contributed by atoms with Crippen molar-refractivity contribution in [2.45, 2.75) is 38.1 Å². The standard InChI is InChI=1S/C14H23N5S/c1-18(12-4-5-12)13(15)16-7-6-11-10-20-14(17-11)19-8-2-3-9-19/h10,12H,2-9H2,1H3,(H2,15,16). The Morgan fingerprint density at radius 1 is 1.50 bits per heavy atom. The van der Waals surface area contributed by atoms with Crippen LogP contribution in [0.4, 0.5) is 5.13 Å². The van der Waals surface area contributed by atoms with Gasteiger partial charge in [-0.05, 0) is 25.7 Å². The molecule has 0 unspecified atom stereocenters. The second-order valence-corrected chi connectivity index (χ2v) is 6.48. The first-order valence-corrected chi connectivity index (χ1v) is 8.34. The van der Waals surface area contributed by atoms with Gasteiger partial charge in [0.15, 0.2) is 11.1 Å². The number of nitrogens with two attached hydrogens (primary N) is 1. The summed E-state index contributed by atoms with van der Waals surface area (Å²) >= 11 is 1.75. The Labute approximate surface area is 124 Å². The maximum atomic E-state index is 5.98. The molecule has 0 bridgehead atoms. The van der Waals surface area contributed by atoms with E-state index in [0.29, 0.717) is 12.0 Å². The zero-order chi connectivity index (χ0) is 13.9. The fourth-order valence-electron chi connectivity index (χ4n) is 2.51. The largest absolute Gasteiger partial charge is 0.370 e. The Morgan fingerprint density at radius 2 is 2.25 bits per heavy atom. The summed E-state index contributed by atoms with van der Waals surface area (Å²) < 4.78 is 0. The van der Waals surface area contributed by atoms with Gasteiger partial charge in [-0.1, -0.05) is 0 Å². The third kappa shape index (κ3) is 3.23. The fraction of sp³-hybridized carbons (Fsp3) is 0.714. The van der Waals surface area contributed by atoms with E-state index in [2.05, 4.69) is 20.2 Å². The maximum absolute atomic E-state index is 5.98. The van der Waals surface area contributed by atoms with Crippen LogP contribution < -0.4 is 10.6 Å². The molecule has 0 atom stereocenters. The summed E-state index contributed by atoms with van der Waals surface area (Å²) in [4.78, 5) is 13.6. The van der Waals surface area contributed by atoms with Crippen molar-refractivity contribution in [3.8, 4) is 0 Å². The zero-order valence-corrected chi connectivity index (χ0v) is 12.9. The van der Waals surface area contributed by atoms with Gasteiger partial charge in [0.1, 0.15) is 0 Å². The van der Waals surface area contributed by atoms with E-state index >= 15 is 0 Å². The molecule has 110 valence electrons. The van der Waals surface area contributed by atoms with Gasteiger partial charge >= 0.3 is 0 Å². The Hall–Kier alpha value is -1.30. The van der Waals surface area contributed by atoms with Gasteiger partial charge in [-0.2, -0.15) is 0 Å². The number of guanidine groups is 1. The first-order valence-electron chi connectivity index (χ1n) is 7.46. The van der Waals surface area contributed by atoms with Crippen molar-refractivity contribution in [3.63, 3.8) is 0 Å². The van der Waals surface area contributed by atoms with Gasteiger partial charge in [0.05, 0.1) is 5.69 Å². The molecule has 2 heterocycles. The highest BCUT2D eigenvalue weighted by atomic mass is 32.1. The molecule has 3 rings (SSSR count). The van der Waals surface area contributed by atoms with Crippen LogP contribution in [-0.4, -0.2) is 48.6 Å². The van der Waals surface area contributed by atoms with Gasteiger partial charge in [-0.3, -0.25) is 4.99 Å². The minimum absolute atomic E-state index is 0.625. The first kappa shape index (κ1) is 13.7. The van der Waals surface area contributed by atoms with Gasteiger partial charge in [-0.15, -0.1) is 11.3 Å². The summed E-state index contributed by atoms with van der Waals surface area (Å²) in [6, 6.07) is 0.625. The number of thiazole rings is 1. The van der Waals surface area contributed by atoms with E-state index in [1.54, 1.807) is 11.3 Å². The third-order valence-electron chi connectivity index (χ3n) is 4.01. The fourth-order valence-corrected chi connectivity index (χ4v) is 3.42. The molecule has 1 saturated heterocycles. The number of rotatable bonds is 5. The highest BCUT2D eigenvalue weighted by molar-refractivity contribution is 7.13. The van der Waals surface area contributed by atoms with Gasteiger partial charge < -0.3 is 15.5 Å². The van der Waals surface area contributed by atoms with E-state index in [4.69, 9.17) is 10.7 Å². The molecule has 1 aliphatic heterocycles. The van der Waals surface area contributed by atoms with E-state index in [-0.39, 0.29) is 0 Å². The highest BCUT2D eigenvalue weighted by Crippen LogP contribution is 2.25. The van der Waals surface area contributed by atoms with E-state index in [0.717, 1.165) is 31.7 Å². The van der Waals surface area contributed by atoms with Crippen molar-refractivity contribution in [3.05, 3.63) is 11.1 Å². The lowest BCUT2D eigenvalue weighted by Crippen LogP contribution is -2.35. The highest BCUT2D eigenvalue weighted by Gasteiger charge is 2.27. The Balaban J connectivity index is 1.49. The lowest BCUT2D eigenvalue weighted by atomic mass is 10.3. The molecule has 5 nitrogen and oxygen atoms in total. The smallest absolute Gasteiger partial charge is 0.191 e. The third-order valence-corrected chi connectivity index (χ3v) is 4.96. The molecule has 1 aromatic heterocycles. The van der Waals surface area contributed by atoms with Gasteiger partial charge in [0, 0.05) is 44.5 Å². The van der Waals surface area contributed by atoms with Crippen LogP contribution in [0, 0.1) is 0 Å². The quantitative estimate of drug-likeness (QED) is 0.663. The van der Waals surface area contributed by atoms with Crippen LogP contribution in [0.15, 0.2) is 10.4 Å². The van der Waals surface area contributed by atoms with Crippen LogP contribution in [-0.2, 0) is 6.42 Å². The van der Waals surface area contributed by atoms with Crippen molar-refractivity contribution in [2.75, 3.05) is 31.6 Å². The number of hydrogen-bond donors (Lipinski definition) is 1. The topological polar surface area (TPSA) is 57.8 Å². The van der Waals surface area contributed by atoms with E-state index in [1.165, 1.54) is 30.8 Å². The Kier molecular flexibility index (Phi) is 4.10. The van der Waals surface area contributed by atoms with Crippen LogP contribution in [0.5, 0.6) is 0 Å². The minimum atomic E-state index is 0.625. The van der Waals surface area contributed by atoms with Crippen molar-refractivity contribution in [2.24, 2.45) is 10.7 Å². The summed E-state index contributed by atoms with van der Waals surface area (Å²) in [6.07, 6.45) is 5.96. The van der Waals surface area contributed by atoms with Gasteiger partial charge in [-0.25, -0.2) is 4.98 Å². The first-order chi connectivity index (χ1) is 9.74. The van der Waals surface area contributed by atoms with Gasteiger partial charge in [0.25, 0.3) is 0 Å². The number of nitrogens with zero attached hydrogens (tertiary/aromatic N) is 4. The molecule has 0 radical (unpaired) electrons. The van der Waals surface area contributed by atoms with Crippen LogP contribution in [0.1, 0.15) is 31.4 Å². The van der Waals surface area contributed by atoms with Gasteiger partial charge in [0.2, 0.25) is 0 Å². The maximum Gasteiger partial charge on any atom is 0.191 e. The molecule has 1 saturated carbocycles. The molecule has 0 aromatic carbocycles. The van der Waals surface area contributed by atoms with Crippen LogP contribution in [0.25, 0.3) is 0 Å². The molecule has 1 aromatic rings. The predicted molar refractivity (Wildman–Crippen MR) is 84.5 cm³/mol. The van der Waals surface area contributed by atoms with Crippen molar-refractivity contribution in [1.82, 2.24) is 9.88 Å². The molecule has 2 aliphatic rings. The molecular formula is C14H23N5S. The van der Waals surface area contributed by atoms with E-state index in [9.17, 15) is 0 Å². The molecule has 2 N–H and O–H groups in total. The minimum Gasteiger partial charge on any atom is -0.370 e.